The van der Waals surface area contributed by atoms with E-state index < -0.39 is 0 Å². The smallest absolute Gasteiger partial charge is 0.239 e. The number of amides is 2. The lowest BCUT2D eigenvalue weighted by Crippen LogP contribution is -2.46. The summed E-state index contributed by atoms with van der Waals surface area (Å²) in [6, 6.07) is 0. The van der Waals surface area contributed by atoms with E-state index in [4.69, 9.17) is 0 Å². The molecule has 0 fully saturated rings. The van der Waals surface area contributed by atoms with Crippen LogP contribution in [-0.4, -0.2) is 37.5 Å². The van der Waals surface area contributed by atoms with Gasteiger partial charge in [0.25, 0.3) is 0 Å². The van der Waals surface area contributed by atoms with Crippen molar-refractivity contribution < 1.29 is 9.59 Å². The molecule has 0 aliphatic heterocycles. The SMILES string of the molecule is CNCCC(=O)NCC(=O)NC(C)(C)C. The van der Waals surface area contributed by atoms with Crippen molar-refractivity contribution >= 4 is 11.8 Å². The second-order valence-electron chi connectivity index (χ2n) is 4.43. The van der Waals surface area contributed by atoms with Gasteiger partial charge in [0.1, 0.15) is 0 Å². The summed E-state index contributed by atoms with van der Waals surface area (Å²) in [5.41, 5.74) is -0.257. The van der Waals surface area contributed by atoms with Crippen LogP contribution in [0.3, 0.4) is 0 Å². The van der Waals surface area contributed by atoms with Crippen LogP contribution in [-0.2, 0) is 9.59 Å². The second-order valence-corrected chi connectivity index (χ2v) is 4.43. The van der Waals surface area contributed by atoms with Gasteiger partial charge < -0.3 is 16.0 Å². The zero-order valence-corrected chi connectivity index (χ0v) is 9.94. The Morgan fingerprint density at radius 2 is 1.73 bits per heavy atom. The van der Waals surface area contributed by atoms with Crippen LogP contribution >= 0.6 is 0 Å². The summed E-state index contributed by atoms with van der Waals surface area (Å²) in [6.07, 6.45) is 0.388. The molecule has 15 heavy (non-hydrogen) atoms. The van der Waals surface area contributed by atoms with Crippen molar-refractivity contribution in [1.29, 1.82) is 0 Å². The Morgan fingerprint density at radius 3 is 2.20 bits per heavy atom. The maximum atomic E-state index is 11.3. The van der Waals surface area contributed by atoms with Crippen molar-refractivity contribution in [2.24, 2.45) is 0 Å². The van der Waals surface area contributed by atoms with Gasteiger partial charge in [-0.3, -0.25) is 9.59 Å². The fourth-order valence-corrected chi connectivity index (χ4v) is 0.968. The first-order chi connectivity index (χ1) is 6.85. The third-order valence-electron chi connectivity index (χ3n) is 1.56. The summed E-state index contributed by atoms with van der Waals surface area (Å²) < 4.78 is 0. The molecule has 2 amide bonds. The van der Waals surface area contributed by atoms with Gasteiger partial charge in [-0.1, -0.05) is 0 Å². The van der Waals surface area contributed by atoms with Crippen LogP contribution in [0.25, 0.3) is 0 Å². The van der Waals surface area contributed by atoms with Gasteiger partial charge in [0, 0.05) is 18.5 Å². The molecule has 3 N–H and O–H groups in total. The van der Waals surface area contributed by atoms with Crippen LogP contribution in [0.15, 0.2) is 0 Å². The molecule has 0 unspecified atom stereocenters. The molecule has 0 saturated heterocycles. The molecule has 0 bridgehead atoms. The molecule has 0 aliphatic rings. The Bertz CT molecular complexity index is 221. The highest BCUT2D eigenvalue weighted by molar-refractivity contribution is 5.85. The Labute approximate surface area is 91.0 Å². The molecule has 0 rings (SSSR count). The monoisotopic (exact) mass is 215 g/mol. The van der Waals surface area contributed by atoms with E-state index in [1.54, 1.807) is 7.05 Å². The normalized spacial score (nSPS) is 10.9. The average Bonchev–Trinajstić information content (AvgIpc) is 2.08. The predicted octanol–water partition coefficient (Wildman–Crippen LogP) is -0.373. The molecule has 0 aromatic rings. The number of carbonyl (C=O) groups is 2. The molecule has 0 spiro atoms. The molecule has 0 saturated carbocycles. The topological polar surface area (TPSA) is 70.2 Å². The van der Waals surface area contributed by atoms with Gasteiger partial charge in [0.05, 0.1) is 6.54 Å². The molecule has 0 atom stereocenters. The van der Waals surface area contributed by atoms with Crippen LogP contribution in [0.1, 0.15) is 27.2 Å². The summed E-state index contributed by atoms with van der Waals surface area (Å²) in [4.78, 5) is 22.4. The zero-order valence-electron chi connectivity index (χ0n) is 9.94. The number of nitrogens with one attached hydrogen (secondary N) is 3. The minimum Gasteiger partial charge on any atom is -0.350 e. The fourth-order valence-electron chi connectivity index (χ4n) is 0.968. The first kappa shape index (κ1) is 13.9. The number of rotatable bonds is 5. The van der Waals surface area contributed by atoms with E-state index >= 15 is 0 Å². The van der Waals surface area contributed by atoms with Gasteiger partial charge >= 0.3 is 0 Å². The quantitative estimate of drug-likeness (QED) is 0.586. The summed E-state index contributed by atoms with van der Waals surface area (Å²) >= 11 is 0. The molecule has 0 heterocycles. The maximum absolute atomic E-state index is 11.3. The highest BCUT2D eigenvalue weighted by Gasteiger charge is 2.13. The lowest BCUT2D eigenvalue weighted by atomic mass is 10.1. The van der Waals surface area contributed by atoms with Gasteiger partial charge in [0.2, 0.25) is 11.8 Å². The van der Waals surface area contributed by atoms with E-state index in [9.17, 15) is 9.59 Å². The van der Waals surface area contributed by atoms with Gasteiger partial charge in [-0.05, 0) is 27.8 Å². The van der Waals surface area contributed by atoms with Crippen LogP contribution < -0.4 is 16.0 Å². The second kappa shape index (κ2) is 6.40. The lowest BCUT2D eigenvalue weighted by molar-refractivity contribution is -0.126. The molecule has 0 radical (unpaired) electrons. The van der Waals surface area contributed by atoms with Gasteiger partial charge in [0.15, 0.2) is 0 Å². The van der Waals surface area contributed by atoms with Crippen LogP contribution in [0.4, 0.5) is 0 Å². The van der Waals surface area contributed by atoms with Gasteiger partial charge in [-0.25, -0.2) is 0 Å². The minimum atomic E-state index is -0.257. The Balaban J connectivity index is 3.67. The summed E-state index contributed by atoms with van der Waals surface area (Å²) in [5.74, 6) is -0.284. The Kier molecular flexibility index (Phi) is 5.93. The molecule has 5 heteroatoms. The van der Waals surface area contributed by atoms with Crippen molar-refractivity contribution in [3.8, 4) is 0 Å². The van der Waals surface area contributed by atoms with Crippen molar-refractivity contribution in [3.05, 3.63) is 0 Å². The summed E-state index contributed by atoms with van der Waals surface area (Å²) in [7, 11) is 1.78. The molecular weight excluding hydrogens is 194 g/mol. The highest BCUT2D eigenvalue weighted by Crippen LogP contribution is 1.97. The average molecular weight is 215 g/mol. The van der Waals surface area contributed by atoms with Gasteiger partial charge in [-0.15, -0.1) is 0 Å². The molecule has 5 nitrogen and oxygen atoms in total. The fraction of sp³-hybridized carbons (Fsp3) is 0.800. The minimum absolute atomic E-state index is 0.0415. The summed E-state index contributed by atoms with van der Waals surface area (Å²) in [5, 5.41) is 8.17. The third kappa shape index (κ3) is 9.21. The Hall–Kier alpha value is -1.10. The van der Waals surface area contributed by atoms with Crippen LogP contribution in [0, 0.1) is 0 Å². The van der Waals surface area contributed by atoms with Crippen molar-refractivity contribution in [2.45, 2.75) is 32.7 Å². The highest BCUT2D eigenvalue weighted by atomic mass is 16.2. The van der Waals surface area contributed by atoms with Gasteiger partial charge in [-0.2, -0.15) is 0 Å². The first-order valence-corrected chi connectivity index (χ1v) is 5.07. The molecule has 88 valence electrons. The lowest BCUT2D eigenvalue weighted by Gasteiger charge is -2.20. The Morgan fingerprint density at radius 1 is 1.13 bits per heavy atom. The molecule has 0 aromatic carbocycles. The van der Waals surface area contributed by atoms with E-state index in [0.29, 0.717) is 13.0 Å². The number of carbonyl (C=O) groups excluding carboxylic acids is 2. The zero-order chi connectivity index (χ0) is 11.9. The standard InChI is InChI=1S/C10H21N3O2/c1-10(2,3)13-9(15)7-12-8(14)5-6-11-4/h11H,5-7H2,1-4H3,(H,12,14)(H,13,15). The van der Waals surface area contributed by atoms with E-state index in [-0.39, 0.29) is 23.9 Å². The van der Waals surface area contributed by atoms with Crippen molar-refractivity contribution in [3.63, 3.8) is 0 Å². The molecule has 0 aliphatic carbocycles. The van der Waals surface area contributed by atoms with Crippen LogP contribution in [0.2, 0.25) is 0 Å². The van der Waals surface area contributed by atoms with Crippen molar-refractivity contribution in [1.82, 2.24) is 16.0 Å². The van der Waals surface area contributed by atoms with E-state index in [2.05, 4.69) is 16.0 Å². The predicted molar refractivity (Wildman–Crippen MR) is 59.4 cm³/mol. The third-order valence-corrected chi connectivity index (χ3v) is 1.56. The van der Waals surface area contributed by atoms with Crippen molar-refractivity contribution in [2.75, 3.05) is 20.1 Å². The summed E-state index contributed by atoms with van der Waals surface area (Å²) in [6.45, 7) is 6.35. The molecular formula is C10H21N3O2. The van der Waals surface area contributed by atoms with E-state index in [0.717, 1.165) is 0 Å². The largest absolute Gasteiger partial charge is 0.350 e. The maximum Gasteiger partial charge on any atom is 0.239 e. The number of hydrogen-bond acceptors (Lipinski definition) is 3. The van der Waals surface area contributed by atoms with E-state index in [1.165, 1.54) is 0 Å². The number of hydrogen-bond donors (Lipinski definition) is 3. The van der Waals surface area contributed by atoms with Crippen LogP contribution in [0.5, 0.6) is 0 Å². The first-order valence-electron chi connectivity index (χ1n) is 5.07. The molecule has 0 aromatic heterocycles. The van der Waals surface area contributed by atoms with E-state index in [1.807, 2.05) is 20.8 Å².